The third-order valence-corrected chi connectivity index (χ3v) is 1.24. The summed E-state index contributed by atoms with van der Waals surface area (Å²) in [4.78, 5) is 3.92. The highest BCUT2D eigenvalue weighted by Crippen LogP contribution is 1.91. The molecule has 0 aromatic carbocycles. The van der Waals surface area contributed by atoms with E-state index in [1.54, 1.807) is 12.4 Å². The van der Waals surface area contributed by atoms with Crippen LogP contribution in [0, 0.1) is 11.8 Å². The first-order valence-electron chi connectivity index (χ1n) is 2.88. The van der Waals surface area contributed by atoms with Crippen molar-refractivity contribution in [2.45, 2.75) is 0 Å². The number of hydrogen-bond acceptors (Lipinski definition) is 1. The van der Waals surface area contributed by atoms with Gasteiger partial charge in [0.15, 0.2) is 0 Å². The Bertz CT molecular complexity index is 245. The van der Waals surface area contributed by atoms with Gasteiger partial charge in [0, 0.05) is 18.0 Å². The second-order valence-corrected chi connectivity index (χ2v) is 2.24. The summed E-state index contributed by atoms with van der Waals surface area (Å²) in [6, 6.07) is 3.81. The largest absolute Gasteiger partial charge is 0.263 e. The molecule has 0 spiro atoms. The molecule has 50 valence electrons. The molecular weight excluding hydrogens is 190 g/mol. The molecule has 0 saturated heterocycles. The van der Waals surface area contributed by atoms with Crippen molar-refractivity contribution in [2.75, 3.05) is 5.33 Å². The van der Waals surface area contributed by atoms with Crippen LogP contribution < -0.4 is 0 Å². The first-order valence-corrected chi connectivity index (χ1v) is 4.00. The molecule has 1 rings (SSSR count). The minimum absolute atomic E-state index is 0.710. The fraction of sp³-hybridized carbons (Fsp3) is 0.125. The normalized spacial score (nSPS) is 8.10. The molecule has 1 heterocycles. The summed E-state index contributed by atoms with van der Waals surface area (Å²) >= 11 is 3.21. The average molecular weight is 196 g/mol. The van der Waals surface area contributed by atoms with E-state index >= 15 is 0 Å². The van der Waals surface area contributed by atoms with Crippen LogP contribution in [0.4, 0.5) is 0 Å². The lowest BCUT2D eigenvalue weighted by Gasteiger charge is -1.83. The molecule has 0 aliphatic carbocycles. The molecular formula is C8H6BrN. The van der Waals surface area contributed by atoms with E-state index in [1.807, 2.05) is 12.1 Å². The minimum Gasteiger partial charge on any atom is -0.263 e. The van der Waals surface area contributed by atoms with Crippen LogP contribution in [-0.4, -0.2) is 10.3 Å². The summed E-state index contributed by atoms with van der Waals surface area (Å²) in [5, 5.41) is 0.710. The fourth-order valence-electron chi connectivity index (χ4n) is 0.572. The molecule has 10 heavy (non-hydrogen) atoms. The van der Waals surface area contributed by atoms with Crippen LogP contribution in [0.5, 0.6) is 0 Å². The van der Waals surface area contributed by atoms with E-state index in [4.69, 9.17) is 0 Å². The predicted molar refractivity (Wildman–Crippen MR) is 44.9 cm³/mol. The summed E-state index contributed by atoms with van der Waals surface area (Å²) in [7, 11) is 0. The smallest absolute Gasteiger partial charge is 0.0649 e. The van der Waals surface area contributed by atoms with Gasteiger partial charge >= 0.3 is 0 Å². The lowest BCUT2D eigenvalue weighted by molar-refractivity contribution is 1.31. The number of nitrogens with zero attached hydrogens (tertiary/aromatic N) is 1. The van der Waals surface area contributed by atoms with Crippen LogP contribution in [0.1, 0.15) is 5.56 Å². The van der Waals surface area contributed by atoms with Crippen molar-refractivity contribution in [2.24, 2.45) is 0 Å². The lowest BCUT2D eigenvalue weighted by atomic mass is 10.3. The third-order valence-electron chi connectivity index (χ3n) is 0.961. The van der Waals surface area contributed by atoms with Gasteiger partial charge in [-0.2, -0.15) is 0 Å². The monoisotopic (exact) mass is 195 g/mol. The molecule has 1 aromatic rings. The van der Waals surface area contributed by atoms with Crippen molar-refractivity contribution >= 4 is 15.9 Å². The van der Waals surface area contributed by atoms with Gasteiger partial charge in [0.1, 0.15) is 0 Å². The van der Waals surface area contributed by atoms with Crippen LogP contribution in [-0.2, 0) is 0 Å². The molecule has 2 heteroatoms. The summed E-state index contributed by atoms with van der Waals surface area (Å²) in [6.07, 6.45) is 3.48. The molecule has 1 nitrogen and oxygen atoms in total. The van der Waals surface area contributed by atoms with E-state index in [2.05, 4.69) is 32.8 Å². The molecule has 0 N–H and O–H groups in total. The van der Waals surface area contributed by atoms with Crippen LogP contribution in [0.3, 0.4) is 0 Å². The Morgan fingerprint density at radius 1 is 1.60 bits per heavy atom. The highest BCUT2D eigenvalue weighted by Gasteiger charge is 1.79. The molecule has 0 radical (unpaired) electrons. The zero-order valence-corrected chi connectivity index (χ0v) is 6.93. The topological polar surface area (TPSA) is 12.9 Å². The molecule has 0 saturated carbocycles. The van der Waals surface area contributed by atoms with Crippen molar-refractivity contribution in [3.63, 3.8) is 0 Å². The quantitative estimate of drug-likeness (QED) is 0.455. The number of rotatable bonds is 0. The van der Waals surface area contributed by atoms with Gasteiger partial charge < -0.3 is 0 Å². The molecule has 0 atom stereocenters. The molecule has 0 aliphatic rings. The van der Waals surface area contributed by atoms with Gasteiger partial charge in [0.05, 0.1) is 5.33 Å². The number of alkyl halides is 1. The Hall–Kier alpha value is -0.810. The van der Waals surface area contributed by atoms with Gasteiger partial charge in [-0.05, 0) is 12.1 Å². The average Bonchev–Trinajstić information content (AvgIpc) is 2.03. The Morgan fingerprint density at radius 2 is 2.50 bits per heavy atom. The Kier molecular flexibility index (Phi) is 2.98. The van der Waals surface area contributed by atoms with Crippen molar-refractivity contribution in [3.05, 3.63) is 30.1 Å². The van der Waals surface area contributed by atoms with Gasteiger partial charge in [-0.15, -0.1) is 0 Å². The Balaban J connectivity index is 2.76. The number of hydrogen-bond donors (Lipinski definition) is 0. The molecule has 0 fully saturated rings. The molecule has 1 aromatic heterocycles. The second kappa shape index (κ2) is 4.08. The van der Waals surface area contributed by atoms with Crippen LogP contribution >= 0.6 is 15.9 Å². The maximum atomic E-state index is 3.92. The van der Waals surface area contributed by atoms with Crippen LogP contribution in [0.25, 0.3) is 0 Å². The van der Waals surface area contributed by atoms with Gasteiger partial charge in [-0.1, -0.05) is 27.8 Å². The molecule has 0 unspecified atom stereocenters. The van der Waals surface area contributed by atoms with Crippen molar-refractivity contribution in [1.29, 1.82) is 0 Å². The van der Waals surface area contributed by atoms with Gasteiger partial charge in [0.25, 0.3) is 0 Å². The van der Waals surface area contributed by atoms with E-state index in [0.717, 1.165) is 5.56 Å². The predicted octanol–water partition coefficient (Wildman–Crippen LogP) is 1.83. The summed E-state index contributed by atoms with van der Waals surface area (Å²) in [5.41, 5.74) is 0.960. The maximum Gasteiger partial charge on any atom is 0.0649 e. The van der Waals surface area contributed by atoms with E-state index in [9.17, 15) is 0 Å². The van der Waals surface area contributed by atoms with E-state index in [1.165, 1.54) is 0 Å². The third kappa shape index (κ3) is 2.20. The van der Waals surface area contributed by atoms with Crippen LogP contribution in [0.15, 0.2) is 24.5 Å². The molecule has 0 aliphatic heterocycles. The van der Waals surface area contributed by atoms with Crippen LogP contribution in [0.2, 0.25) is 0 Å². The standard InChI is InChI=1S/C8H6BrN/c9-5-1-3-8-4-2-6-10-7-8/h2,4,6-7H,5H2. The van der Waals surface area contributed by atoms with Crippen molar-refractivity contribution < 1.29 is 0 Å². The summed E-state index contributed by atoms with van der Waals surface area (Å²) in [5.74, 6) is 5.83. The van der Waals surface area contributed by atoms with E-state index < -0.39 is 0 Å². The van der Waals surface area contributed by atoms with E-state index in [-0.39, 0.29) is 0 Å². The highest BCUT2D eigenvalue weighted by molar-refractivity contribution is 9.09. The summed E-state index contributed by atoms with van der Waals surface area (Å²) < 4.78 is 0. The van der Waals surface area contributed by atoms with Gasteiger partial charge in [0.2, 0.25) is 0 Å². The lowest BCUT2D eigenvalue weighted by Crippen LogP contribution is -1.74. The second-order valence-electron chi connectivity index (χ2n) is 1.68. The SMILES string of the molecule is BrCC#Cc1cccnc1. The van der Waals surface area contributed by atoms with E-state index in [0.29, 0.717) is 5.33 Å². The minimum atomic E-state index is 0.710. The highest BCUT2D eigenvalue weighted by atomic mass is 79.9. The Labute approximate surface area is 68.6 Å². The fourth-order valence-corrected chi connectivity index (χ4v) is 0.712. The Morgan fingerprint density at radius 3 is 3.10 bits per heavy atom. The number of halogens is 1. The van der Waals surface area contributed by atoms with Gasteiger partial charge in [-0.3, -0.25) is 4.98 Å². The van der Waals surface area contributed by atoms with Crippen molar-refractivity contribution in [3.8, 4) is 11.8 Å². The number of aromatic nitrogens is 1. The first kappa shape index (κ1) is 7.30. The zero-order chi connectivity index (χ0) is 7.23. The summed E-state index contributed by atoms with van der Waals surface area (Å²) in [6.45, 7) is 0. The first-order chi connectivity index (χ1) is 4.93. The van der Waals surface area contributed by atoms with Gasteiger partial charge in [-0.25, -0.2) is 0 Å². The number of pyridine rings is 1. The molecule has 0 amide bonds. The van der Waals surface area contributed by atoms with Crippen molar-refractivity contribution in [1.82, 2.24) is 4.98 Å². The zero-order valence-electron chi connectivity index (χ0n) is 5.34. The molecule has 0 bridgehead atoms. The maximum absolute atomic E-state index is 3.92.